The Kier molecular flexibility index (Phi) is 3.65. The molecule has 0 spiro atoms. The second-order valence-corrected chi connectivity index (χ2v) is 4.64. The number of esters is 1. The van der Waals surface area contributed by atoms with Gasteiger partial charge in [0.2, 0.25) is 5.60 Å². The molecule has 1 atom stereocenters. The smallest absolute Gasteiger partial charge is 0.345 e. The van der Waals surface area contributed by atoms with Crippen LogP contribution in [0.1, 0.15) is 43.1 Å². The summed E-state index contributed by atoms with van der Waals surface area (Å²) < 4.78 is 5.35. The summed E-state index contributed by atoms with van der Waals surface area (Å²) in [6.45, 7) is 6.53. The van der Waals surface area contributed by atoms with Gasteiger partial charge in [-0.1, -0.05) is 6.92 Å². The van der Waals surface area contributed by atoms with Crippen LogP contribution in [0.4, 0.5) is 0 Å². The monoisotopic (exact) mass is 278 g/mol. The number of fused-ring (bicyclic) bond motifs is 1. The van der Waals surface area contributed by atoms with E-state index in [4.69, 9.17) is 4.74 Å². The molecule has 1 aliphatic rings. The summed E-state index contributed by atoms with van der Waals surface area (Å²) in [6.07, 6.45) is 1.73. The zero-order valence-electron chi connectivity index (χ0n) is 11.9. The highest BCUT2D eigenvalue weighted by atomic mass is 16.6. The molecule has 0 bridgehead atoms. The van der Waals surface area contributed by atoms with Crippen molar-refractivity contribution >= 4 is 11.9 Å². The molecule has 2 heterocycles. The molecule has 2 rings (SSSR count). The number of pyridine rings is 1. The first kappa shape index (κ1) is 14.3. The molecule has 0 aromatic carbocycles. The van der Waals surface area contributed by atoms with Crippen LogP contribution in [0.2, 0.25) is 0 Å². The van der Waals surface area contributed by atoms with Gasteiger partial charge in [-0.2, -0.15) is 0 Å². The summed E-state index contributed by atoms with van der Waals surface area (Å²) in [4.78, 5) is 40.5. The van der Waals surface area contributed by atoms with Gasteiger partial charge in [0, 0.05) is 24.8 Å². The van der Waals surface area contributed by atoms with Gasteiger partial charge < -0.3 is 14.6 Å². The van der Waals surface area contributed by atoms with E-state index in [9.17, 15) is 14.4 Å². The van der Waals surface area contributed by atoms with Gasteiger partial charge in [0.05, 0.1) is 0 Å². The molecule has 0 radical (unpaired) electrons. The zero-order valence-corrected chi connectivity index (χ0v) is 11.9. The van der Waals surface area contributed by atoms with E-state index >= 15 is 0 Å². The molecule has 1 N–H and O–H groups in total. The Labute approximate surface area is 116 Å². The third-order valence-corrected chi connectivity index (χ3v) is 3.76. The first-order chi connectivity index (χ1) is 9.51. The third kappa shape index (κ3) is 1.83. The fourth-order valence-electron chi connectivity index (χ4n) is 2.62. The molecule has 6 heteroatoms. The number of cyclic esters (lactones) is 1. The first-order valence-electron chi connectivity index (χ1n) is 6.76. The summed E-state index contributed by atoms with van der Waals surface area (Å²) in [5, 5.41) is 0. The Bertz CT molecular complexity index is 603. The zero-order chi connectivity index (χ0) is 14.9. The van der Waals surface area contributed by atoms with E-state index in [0.717, 1.165) is 0 Å². The van der Waals surface area contributed by atoms with Crippen LogP contribution in [-0.2, 0) is 15.1 Å². The fraction of sp³-hybridized carbons (Fsp3) is 0.500. The minimum absolute atomic E-state index is 0.0603. The number of aromatic amines is 1. The number of H-pyrrole nitrogens is 1. The number of amides is 1. The van der Waals surface area contributed by atoms with Gasteiger partial charge in [-0.05, 0) is 26.3 Å². The van der Waals surface area contributed by atoms with Crippen molar-refractivity contribution in [2.24, 2.45) is 0 Å². The normalized spacial score (nSPS) is 20.4. The van der Waals surface area contributed by atoms with Crippen molar-refractivity contribution in [3.05, 3.63) is 33.7 Å². The molecule has 0 saturated carbocycles. The molecule has 108 valence electrons. The van der Waals surface area contributed by atoms with E-state index in [0.29, 0.717) is 25.1 Å². The van der Waals surface area contributed by atoms with Crippen molar-refractivity contribution in [2.45, 2.75) is 32.8 Å². The lowest BCUT2D eigenvalue weighted by Crippen LogP contribution is -2.47. The van der Waals surface area contributed by atoms with Crippen LogP contribution in [0.15, 0.2) is 17.1 Å². The second-order valence-electron chi connectivity index (χ2n) is 4.64. The molecule has 0 aliphatic carbocycles. The lowest BCUT2D eigenvalue weighted by atomic mass is 9.89. The van der Waals surface area contributed by atoms with Crippen LogP contribution in [0.5, 0.6) is 0 Å². The Morgan fingerprint density at radius 1 is 1.30 bits per heavy atom. The van der Waals surface area contributed by atoms with E-state index < -0.39 is 17.1 Å². The van der Waals surface area contributed by atoms with Crippen molar-refractivity contribution < 1.29 is 14.3 Å². The Hall–Kier alpha value is -2.11. The summed E-state index contributed by atoms with van der Waals surface area (Å²) in [5.41, 5.74) is -1.58. The number of carbonyl (C=O) groups excluding carboxylic acids is 2. The van der Waals surface area contributed by atoms with Gasteiger partial charge in [0.1, 0.15) is 5.56 Å². The van der Waals surface area contributed by atoms with Gasteiger partial charge in [0.25, 0.3) is 11.5 Å². The minimum Gasteiger partial charge on any atom is -0.440 e. The minimum atomic E-state index is -1.37. The van der Waals surface area contributed by atoms with Crippen LogP contribution < -0.4 is 5.56 Å². The van der Waals surface area contributed by atoms with Gasteiger partial charge >= 0.3 is 5.97 Å². The molecule has 1 aromatic rings. The summed E-state index contributed by atoms with van der Waals surface area (Å²) >= 11 is 0. The van der Waals surface area contributed by atoms with Gasteiger partial charge in [-0.15, -0.1) is 0 Å². The number of nitrogens with zero attached hydrogens (tertiary/aromatic N) is 1. The largest absolute Gasteiger partial charge is 0.440 e. The number of ether oxygens (including phenoxy) is 1. The highest BCUT2D eigenvalue weighted by molar-refractivity contribution is 6.01. The van der Waals surface area contributed by atoms with E-state index in [2.05, 4.69) is 4.98 Å². The maximum Gasteiger partial charge on any atom is 0.345 e. The molecular weight excluding hydrogens is 260 g/mol. The van der Waals surface area contributed by atoms with E-state index in [1.807, 2.05) is 13.8 Å². The number of hydrogen-bond donors (Lipinski definition) is 1. The highest BCUT2D eigenvalue weighted by Crippen LogP contribution is 2.39. The SMILES string of the molecule is CCN(CC)C(=O)[C@]1(CC)OC(=O)c2c1cc[nH]c2=O. The van der Waals surface area contributed by atoms with Gasteiger partial charge in [-0.3, -0.25) is 9.59 Å². The predicted molar refractivity (Wildman–Crippen MR) is 72.4 cm³/mol. The predicted octanol–water partition coefficient (Wildman–Crippen LogP) is 1.02. The number of rotatable bonds is 4. The number of nitrogens with one attached hydrogen (secondary N) is 1. The molecule has 0 saturated heterocycles. The van der Waals surface area contributed by atoms with E-state index in [1.54, 1.807) is 17.9 Å². The van der Waals surface area contributed by atoms with Crippen LogP contribution in [0, 0.1) is 0 Å². The lowest BCUT2D eigenvalue weighted by molar-refractivity contribution is -0.152. The topological polar surface area (TPSA) is 79.5 Å². The molecular formula is C14H18N2O4. The van der Waals surface area contributed by atoms with Gasteiger partial charge in [0.15, 0.2) is 0 Å². The molecule has 1 amide bonds. The number of aromatic nitrogens is 1. The number of hydrogen-bond acceptors (Lipinski definition) is 4. The van der Waals surface area contributed by atoms with Crippen molar-refractivity contribution in [2.75, 3.05) is 13.1 Å². The number of likely N-dealkylation sites (N-methyl/N-ethyl adjacent to an activating group) is 1. The van der Waals surface area contributed by atoms with Crippen molar-refractivity contribution in [3.63, 3.8) is 0 Å². The molecule has 1 aliphatic heterocycles. The average molecular weight is 278 g/mol. The van der Waals surface area contributed by atoms with Crippen LogP contribution in [0.3, 0.4) is 0 Å². The quantitative estimate of drug-likeness (QED) is 0.834. The van der Waals surface area contributed by atoms with Gasteiger partial charge in [-0.25, -0.2) is 4.79 Å². The maximum absolute atomic E-state index is 12.7. The van der Waals surface area contributed by atoms with E-state index in [1.165, 1.54) is 6.20 Å². The van der Waals surface area contributed by atoms with Crippen LogP contribution in [-0.4, -0.2) is 34.8 Å². The molecule has 1 aromatic heterocycles. The Balaban J connectivity index is 2.61. The van der Waals surface area contributed by atoms with Crippen molar-refractivity contribution in [3.8, 4) is 0 Å². The first-order valence-corrected chi connectivity index (χ1v) is 6.76. The number of carbonyl (C=O) groups is 2. The highest BCUT2D eigenvalue weighted by Gasteiger charge is 2.52. The summed E-state index contributed by atoms with van der Waals surface area (Å²) in [7, 11) is 0. The standard InChI is InChI=1S/C14H18N2O4/c1-4-14(13(19)16(5-2)6-3)9-7-8-15-11(17)10(9)12(18)20-14/h7-8H,4-6H2,1-3H3,(H,15,17)/t14-/m1/s1. The fourth-order valence-corrected chi connectivity index (χ4v) is 2.62. The Morgan fingerprint density at radius 3 is 2.50 bits per heavy atom. The lowest BCUT2D eigenvalue weighted by Gasteiger charge is -2.31. The average Bonchev–Trinajstić information content (AvgIpc) is 2.75. The van der Waals surface area contributed by atoms with Crippen molar-refractivity contribution in [1.82, 2.24) is 9.88 Å². The molecule has 20 heavy (non-hydrogen) atoms. The van der Waals surface area contributed by atoms with Crippen LogP contribution in [0.25, 0.3) is 0 Å². The maximum atomic E-state index is 12.7. The van der Waals surface area contributed by atoms with Crippen LogP contribution >= 0.6 is 0 Å². The third-order valence-electron chi connectivity index (χ3n) is 3.76. The second kappa shape index (κ2) is 5.11. The molecule has 0 fully saturated rings. The Morgan fingerprint density at radius 2 is 1.95 bits per heavy atom. The molecule has 0 unspecified atom stereocenters. The van der Waals surface area contributed by atoms with E-state index in [-0.39, 0.29) is 11.5 Å². The molecule has 6 nitrogen and oxygen atoms in total. The summed E-state index contributed by atoms with van der Waals surface area (Å²) in [6, 6.07) is 1.58. The van der Waals surface area contributed by atoms with Crippen molar-refractivity contribution in [1.29, 1.82) is 0 Å². The summed E-state index contributed by atoms with van der Waals surface area (Å²) in [5.74, 6) is -1.01.